The van der Waals surface area contributed by atoms with Crippen molar-refractivity contribution < 1.29 is 8.42 Å². The lowest BCUT2D eigenvalue weighted by molar-refractivity contribution is 0.603. The molecule has 72 valence electrons. The first-order chi connectivity index (χ1) is 5.45. The fraction of sp³-hybridized carbons (Fsp3) is 0.714. The van der Waals surface area contributed by atoms with Crippen LogP contribution >= 0.6 is 23.4 Å². The van der Waals surface area contributed by atoms with Gasteiger partial charge in [0.25, 0.3) is 0 Å². The van der Waals surface area contributed by atoms with Crippen molar-refractivity contribution in [3.63, 3.8) is 0 Å². The number of thioether (sulfide) groups is 1. The Balaban J connectivity index is 3.40. The summed E-state index contributed by atoms with van der Waals surface area (Å²) < 4.78 is 21.4. The second-order valence-electron chi connectivity index (χ2n) is 2.57. The summed E-state index contributed by atoms with van der Waals surface area (Å²) in [7, 11) is -2.81. The van der Waals surface area contributed by atoms with Gasteiger partial charge >= 0.3 is 0 Å². The molecular formula is C7H13ClO2S2. The smallest absolute Gasteiger partial charge is 0.148 e. The largest absolute Gasteiger partial charge is 0.229 e. The van der Waals surface area contributed by atoms with Gasteiger partial charge in [0.15, 0.2) is 0 Å². The van der Waals surface area contributed by atoms with Gasteiger partial charge in [0.05, 0.1) is 5.75 Å². The second kappa shape index (κ2) is 5.89. The lowest BCUT2D eigenvalue weighted by Crippen LogP contribution is -2.05. The summed E-state index contributed by atoms with van der Waals surface area (Å²) in [6.07, 6.45) is 1.24. The van der Waals surface area contributed by atoms with Gasteiger partial charge in [0, 0.05) is 23.6 Å². The Kier molecular flexibility index (Phi) is 6.05. The second-order valence-corrected chi connectivity index (χ2v) is 6.20. The minimum absolute atomic E-state index is 0.229. The summed E-state index contributed by atoms with van der Waals surface area (Å²) in [5.41, 5.74) is 0.940. The minimum Gasteiger partial charge on any atom is -0.229 e. The van der Waals surface area contributed by atoms with E-state index in [1.165, 1.54) is 6.26 Å². The van der Waals surface area contributed by atoms with Crippen molar-refractivity contribution in [2.45, 2.75) is 0 Å². The van der Waals surface area contributed by atoms with E-state index in [2.05, 4.69) is 6.58 Å². The van der Waals surface area contributed by atoms with E-state index in [0.29, 0.717) is 11.6 Å². The highest BCUT2D eigenvalue weighted by Gasteiger charge is 2.01. The van der Waals surface area contributed by atoms with Gasteiger partial charge in [-0.1, -0.05) is 12.2 Å². The molecule has 0 spiro atoms. The predicted octanol–water partition coefficient (Wildman–Crippen LogP) is 1.56. The van der Waals surface area contributed by atoms with Crippen molar-refractivity contribution in [3.8, 4) is 0 Å². The van der Waals surface area contributed by atoms with Crippen LogP contribution in [0.2, 0.25) is 0 Å². The van der Waals surface area contributed by atoms with Gasteiger partial charge in [-0.15, -0.1) is 11.6 Å². The highest BCUT2D eigenvalue weighted by Crippen LogP contribution is 2.07. The number of hydrogen-bond acceptors (Lipinski definition) is 3. The van der Waals surface area contributed by atoms with Crippen LogP contribution in [-0.4, -0.2) is 37.8 Å². The summed E-state index contributed by atoms with van der Waals surface area (Å²) in [6.45, 7) is 3.70. The first kappa shape index (κ1) is 12.3. The van der Waals surface area contributed by atoms with E-state index in [4.69, 9.17) is 11.6 Å². The fourth-order valence-corrected chi connectivity index (χ4v) is 2.89. The van der Waals surface area contributed by atoms with Gasteiger partial charge in [-0.2, -0.15) is 11.8 Å². The lowest BCUT2D eigenvalue weighted by Gasteiger charge is -2.00. The van der Waals surface area contributed by atoms with Crippen molar-refractivity contribution >= 4 is 33.2 Å². The molecule has 0 saturated heterocycles. The minimum atomic E-state index is -2.81. The number of sulfone groups is 1. The summed E-state index contributed by atoms with van der Waals surface area (Å²) in [5, 5.41) is 0. The van der Waals surface area contributed by atoms with Crippen LogP contribution in [0.1, 0.15) is 0 Å². The molecule has 0 aliphatic rings. The first-order valence-electron chi connectivity index (χ1n) is 3.44. The fourth-order valence-electron chi connectivity index (χ4n) is 0.465. The molecule has 0 saturated carbocycles. The predicted molar refractivity (Wildman–Crippen MR) is 56.9 cm³/mol. The Labute approximate surface area is 83.3 Å². The maximum atomic E-state index is 10.7. The Bertz CT molecular complexity index is 234. The van der Waals surface area contributed by atoms with E-state index in [0.717, 1.165) is 11.3 Å². The number of hydrogen-bond donors (Lipinski definition) is 0. The monoisotopic (exact) mass is 228 g/mol. The van der Waals surface area contributed by atoms with E-state index in [1.54, 1.807) is 11.8 Å². The highest BCUT2D eigenvalue weighted by molar-refractivity contribution is 8.00. The Morgan fingerprint density at radius 3 is 2.58 bits per heavy atom. The molecule has 0 fully saturated rings. The lowest BCUT2D eigenvalue weighted by atomic mass is 10.4. The molecule has 0 aromatic carbocycles. The van der Waals surface area contributed by atoms with Crippen LogP contribution in [0.5, 0.6) is 0 Å². The van der Waals surface area contributed by atoms with Crippen LogP contribution in [0, 0.1) is 0 Å². The van der Waals surface area contributed by atoms with Crippen LogP contribution in [-0.2, 0) is 9.84 Å². The Hall–Kier alpha value is 0.330. The van der Waals surface area contributed by atoms with E-state index >= 15 is 0 Å². The van der Waals surface area contributed by atoms with E-state index in [-0.39, 0.29) is 5.75 Å². The molecule has 0 N–H and O–H groups in total. The SMILES string of the molecule is C=C(CCl)CSCCS(C)(=O)=O. The molecule has 0 radical (unpaired) electrons. The average molecular weight is 229 g/mol. The van der Waals surface area contributed by atoms with Crippen molar-refractivity contribution in [3.05, 3.63) is 12.2 Å². The van der Waals surface area contributed by atoms with Crippen molar-refractivity contribution in [2.24, 2.45) is 0 Å². The molecule has 0 aliphatic heterocycles. The van der Waals surface area contributed by atoms with Gasteiger partial charge in [-0.3, -0.25) is 0 Å². The molecule has 0 amide bonds. The van der Waals surface area contributed by atoms with Gasteiger partial charge < -0.3 is 0 Å². The van der Waals surface area contributed by atoms with Gasteiger partial charge in [0.2, 0.25) is 0 Å². The molecule has 2 nitrogen and oxygen atoms in total. The summed E-state index contributed by atoms with van der Waals surface area (Å²) in [4.78, 5) is 0. The zero-order valence-electron chi connectivity index (χ0n) is 7.05. The number of alkyl halides is 1. The number of rotatable bonds is 6. The van der Waals surface area contributed by atoms with Crippen LogP contribution < -0.4 is 0 Å². The summed E-state index contributed by atoms with van der Waals surface area (Å²) in [5.74, 6) is 2.05. The van der Waals surface area contributed by atoms with Gasteiger partial charge in [-0.25, -0.2) is 8.42 Å². The molecular weight excluding hydrogens is 216 g/mol. The number of halogens is 1. The third kappa shape index (κ3) is 8.43. The van der Waals surface area contributed by atoms with Crippen LogP contribution in [0.25, 0.3) is 0 Å². The molecule has 0 unspecified atom stereocenters. The van der Waals surface area contributed by atoms with Gasteiger partial charge in [0.1, 0.15) is 9.84 Å². The maximum absolute atomic E-state index is 10.7. The Morgan fingerprint density at radius 2 is 2.17 bits per heavy atom. The maximum Gasteiger partial charge on any atom is 0.148 e. The van der Waals surface area contributed by atoms with Crippen LogP contribution in [0.3, 0.4) is 0 Å². The van der Waals surface area contributed by atoms with Crippen LogP contribution in [0.15, 0.2) is 12.2 Å². The molecule has 5 heteroatoms. The standard InChI is InChI=1S/C7H13ClO2S2/c1-7(5-8)6-11-3-4-12(2,9)10/h1,3-6H2,2H3. The molecule has 0 aromatic rings. The third-order valence-electron chi connectivity index (χ3n) is 1.09. The van der Waals surface area contributed by atoms with E-state index in [9.17, 15) is 8.42 Å². The van der Waals surface area contributed by atoms with E-state index < -0.39 is 9.84 Å². The average Bonchev–Trinajstić information content (AvgIpc) is 1.96. The first-order valence-corrected chi connectivity index (χ1v) is 7.19. The zero-order valence-corrected chi connectivity index (χ0v) is 9.44. The Morgan fingerprint density at radius 1 is 1.58 bits per heavy atom. The van der Waals surface area contributed by atoms with Crippen molar-refractivity contribution in [1.29, 1.82) is 0 Å². The normalized spacial score (nSPS) is 11.5. The molecule has 0 aromatic heterocycles. The summed E-state index contributed by atoms with van der Waals surface area (Å²) in [6, 6.07) is 0. The molecule has 12 heavy (non-hydrogen) atoms. The van der Waals surface area contributed by atoms with Crippen molar-refractivity contribution in [1.82, 2.24) is 0 Å². The topological polar surface area (TPSA) is 34.1 Å². The van der Waals surface area contributed by atoms with Crippen LogP contribution in [0.4, 0.5) is 0 Å². The molecule has 0 aliphatic carbocycles. The van der Waals surface area contributed by atoms with Crippen molar-refractivity contribution in [2.75, 3.05) is 29.4 Å². The molecule has 0 atom stereocenters. The molecule has 0 rings (SSSR count). The summed E-state index contributed by atoms with van der Waals surface area (Å²) >= 11 is 7.04. The molecule has 0 bridgehead atoms. The molecule has 0 heterocycles. The third-order valence-corrected chi connectivity index (χ3v) is 3.78. The highest BCUT2D eigenvalue weighted by atomic mass is 35.5. The van der Waals surface area contributed by atoms with E-state index in [1.807, 2.05) is 0 Å². The quantitative estimate of drug-likeness (QED) is 0.393. The zero-order chi connectivity index (χ0) is 9.61. The van der Waals surface area contributed by atoms with Gasteiger partial charge in [-0.05, 0) is 0 Å².